The summed E-state index contributed by atoms with van der Waals surface area (Å²) in [6.07, 6.45) is 0. The van der Waals surface area contributed by atoms with Gasteiger partial charge in [-0.3, -0.25) is 0 Å². The van der Waals surface area contributed by atoms with Crippen LogP contribution >= 0.6 is 11.6 Å². The molecule has 0 spiro atoms. The van der Waals surface area contributed by atoms with E-state index in [4.69, 9.17) is 17.3 Å². The van der Waals surface area contributed by atoms with Gasteiger partial charge in [-0.25, -0.2) is 4.39 Å². The Morgan fingerprint density at radius 3 is 1.93 bits per heavy atom. The lowest BCUT2D eigenvalue weighted by Gasteiger charge is -2.01. The molecule has 0 aliphatic carbocycles. The van der Waals surface area contributed by atoms with Crippen LogP contribution in [0.2, 0.25) is 5.02 Å². The second-order valence-electron chi connectivity index (χ2n) is 2.08. The van der Waals surface area contributed by atoms with Gasteiger partial charge in [0.2, 0.25) is 0 Å². The average molecular weight is 220 g/mol. The summed E-state index contributed by atoms with van der Waals surface area (Å²) in [7, 11) is 0. The minimum absolute atomic E-state index is 0.117. The molecule has 0 aliphatic rings. The number of nitrogen functional groups attached to an aromatic ring is 1. The summed E-state index contributed by atoms with van der Waals surface area (Å²) in [5, 5.41) is 0.117. The SMILES string of the molecule is CC.CC.Cc1c(N)ccc(Cl)c1F. The Labute approximate surface area is 91.1 Å². The number of rotatable bonds is 0. The first-order chi connectivity index (χ1) is 6.63. The smallest absolute Gasteiger partial charge is 0.146 e. The molecule has 2 N–H and O–H groups in total. The maximum absolute atomic E-state index is 12.8. The standard InChI is InChI=1S/C7H7ClFN.2C2H6/c1-4-6(10)3-2-5(8)7(4)9;2*1-2/h2-3H,10H2,1H3;2*1-2H3. The third-order valence-electron chi connectivity index (χ3n) is 1.38. The van der Waals surface area contributed by atoms with Crippen molar-refractivity contribution in [3.8, 4) is 0 Å². The van der Waals surface area contributed by atoms with Crippen molar-refractivity contribution < 1.29 is 4.39 Å². The molecule has 0 fully saturated rings. The van der Waals surface area contributed by atoms with E-state index in [-0.39, 0.29) is 5.02 Å². The number of nitrogens with two attached hydrogens (primary N) is 1. The van der Waals surface area contributed by atoms with Gasteiger partial charge in [0.25, 0.3) is 0 Å². The van der Waals surface area contributed by atoms with E-state index in [0.29, 0.717) is 11.3 Å². The second kappa shape index (κ2) is 8.82. The quantitative estimate of drug-likeness (QED) is 0.643. The molecule has 82 valence electrons. The molecule has 1 rings (SSSR count). The largest absolute Gasteiger partial charge is 0.398 e. The fourth-order valence-electron chi connectivity index (χ4n) is 0.667. The lowest BCUT2D eigenvalue weighted by molar-refractivity contribution is 0.620. The van der Waals surface area contributed by atoms with Gasteiger partial charge in [-0.2, -0.15) is 0 Å². The van der Waals surface area contributed by atoms with Crippen LogP contribution < -0.4 is 5.73 Å². The Hall–Kier alpha value is -0.760. The minimum Gasteiger partial charge on any atom is -0.398 e. The average Bonchev–Trinajstić information content (AvgIpc) is 2.26. The Morgan fingerprint density at radius 2 is 1.57 bits per heavy atom. The van der Waals surface area contributed by atoms with Crippen LogP contribution in [0.5, 0.6) is 0 Å². The van der Waals surface area contributed by atoms with Crippen LogP contribution in [0.3, 0.4) is 0 Å². The Bertz CT molecular complexity index is 235. The van der Waals surface area contributed by atoms with E-state index >= 15 is 0 Å². The number of anilines is 1. The highest BCUT2D eigenvalue weighted by Gasteiger charge is 2.04. The van der Waals surface area contributed by atoms with Gasteiger partial charge in [-0.1, -0.05) is 39.3 Å². The minimum atomic E-state index is -0.429. The third-order valence-corrected chi connectivity index (χ3v) is 1.67. The highest BCUT2D eigenvalue weighted by molar-refractivity contribution is 6.30. The van der Waals surface area contributed by atoms with Gasteiger partial charge in [-0.05, 0) is 19.1 Å². The van der Waals surface area contributed by atoms with Crippen molar-refractivity contribution in [1.82, 2.24) is 0 Å². The predicted molar refractivity (Wildman–Crippen MR) is 63.3 cm³/mol. The molecule has 0 aromatic heterocycles. The van der Waals surface area contributed by atoms with Gasteiger partial charge in [0.15, 0.2) is 0 Å². The van der Waals surface area contributed by atoms with Crippen molar-refractivity contribution in [1.29, 1.82) is 0 Å². The maximum Gasteiger partial charge on any atom is 0.146 e. The van der Waals surface area contributed by atoms with Crippen LogP contribution in [0.25, 0.3) is 0 Å². The van der Waals surface area contributed by atoms with E-state index < -0.39 is 5.82 Å². The molecule has 0 saturated heterocycles. The summed E-state index contributed by atoms with van der Waals surface area (Å²) in [6, 6.07) is 3.03. The summed E-state index contributed by atoms with van der Waals surface area (Å²) in [5.74, 6) is -0.429. The molecule has 1 aromatic rings. The summed E-state index contributed by atoms with van der Waals surface area (Å²) in [6.45, 7) is 9.59. The molecule has 0 bridgehead atoms. The van der Waals surface area contributed by atoms with Crippen molar-refractivity contribution in [2.24, 2.45) is 0 Å². The van der Waals surface area contributed by atoms with Crippen molar-refractivity contribution >= 4 is 17.3 Å². The number of hydrogen-bond acceptors (Lipinski definition) is 1. The molecule has 1 nitrogen and oxygen atoms in total. The molecule has 3 heteroatoms. The highest BCUT2D eigenvalue weighted by Crippen LogP contribution is 2.21. The zero-order chi connectivity index (χ0) is 11.7. The topological polar surface area (TPSA) is 26.0 Å². The Balaban J connectivity index is 0. The maximum atomic E-state index is 12.8. The van der Waals surface area contributed by atoms with E-state index in [0.717, 1.165) is 0 Å². The number of halogens is 2. The van der Waals surface area contributed by atoms with Gasteiger partial charge in [-0.15, -0.1) is 0 Å². The molecule has 0 atom stereocenters. The molecular weight excluding hydrogens is 201 g/mol. The fourth-order valence-corrected chi connectivity index (χ4v) is 0.872. The predicted octanol–water partition coefficient (Wildman–Crippen LogP) is 4.42. The zero-order valence-electron chi connectivity index (χ0n) is 9.49. The normalized spacial score (nSPS) is 7.93. The second-order valence-corrected chi connectivity index (χ2v) is 2.48. The van der Waals surface area contributed by atoms with E-state index in [2.05, 4.69) is 0 Å². The Morgan fingerprint density at radius 1 is 1.14 bits per heavy atom. The molecule has 0 heterocycles. The summed E-state index contributed by atoms with van der Waals surface area (Å²) in [5.41, 5.74) is 6.23. The molecule has 0 aliphatic heterocycles. The van der Waals surface area contributed by atoms with Gasteiger partial charge in [0, 0.05) is 11.3 Å². The summed E-state index contributed by atoms with van der Waals surface area (Å²) >= 11 is 5.46. The van der Waals surface area contributed by atoms with Crippen molar-refractivity contribution in [3.05, 3.63) is 28.5 Å². The van der Waals surface area contributed by atoms with E-state index in [1.807, 2.05) is 27.7 Å². The summed E-state index contributed by atoms with van der Waals surface area (Å²) < 4.78 is 12.8. The van der Waals surface area contributed by atoms with Crippen molar-refractivity contribution in [2.45, 2.75) is 34.6 Å². The molecule has 0 unspecified atom stereocenters. The number of hydrogen-bond donors (Lipinski definition) is 1. The first-order valence-electron chi connectivity index (χ1n) is 4.83. The lowest BCUT2D eigenvalue weighted by atomic mass is 10.2. The highest BCUT2D eigenvalue weighted by atomic mass is 35.5. The molecule has 1 aromatic carbocycles. The lowest BCUT2D eigenvalue weighted by Crippen LogP contribution is -1.92. The van der Waals surface area contributed by atoms with Crippen LogP contribution in [0, 0.1) is 12.7 Å². The van der Waals surface area contributed by atoms with E-state index in [1.165, 1.54) is 6.07 Å². The van der Waals surface area contributed by atoms with E-state index in [9.17, 15) is 4.39 Å². The van der Waals surface area contributed by atoms with Gasteiger partial charge in [0.1, 0.15) is 5.82 Å². The molecule has 0 amide bonds. The first-order valence-corrected chi connectivity index (χ1v) is 5.21. The van der Waals surface area contributed by atoms with Gasteiger partial charge in [0.05, 0.1) is 5.02 Å². The fraction of sp³-hybridized carbons (Fsp3) is 0.455. The van der Waals surface area contributed by atoms with Crippen LogP contribution in [0.4, 0.5) is 10.1 Å². The molecular formula is C11H19ClFN. The zero-order valence-corrected chi connectivity index (χ0v) is 10.2. The van der Waals surface area contributed by atoms with Crippen LogP contribution in [0.1, 0.15) is 33.3 Å². The van der Waals surface area contributed by atoms with Gasteiger partial charge < -0.3 is 5.73 Å². The number of benzene rings is 1. The first kappa shape index (κ1) is 15.7. The monoisotopic (exact) mass is 219 g/mol. The van der Waals surface area contributed by atoms with Crippen LogP contribution in [-0.4, -0.2) is 0 Å². The molecule has 0 radical (unpaired) electrons. The Kier molecular flexibility index (Phi) is 9.89. The molecule has 0 saturated carbocycles. The van der Waals surface area contributed by atoms with Crippen LogP contribution in [-0.2, 0) is 0 Å². The van der Waals surface area contributed by atoms with Crippen molar-refractivity contribution in [3.63, 3.8) is 0 Å². The van der Waals surface area contributed by atoms with Crippen LogP contribution in [0.15, 0.2) is 12.1 Å². The van der Waals surface area contributed by atoms with E-state index in [1.54, 1.807) is 13.0 Å². The molecule has 14 heavy (non-hydrogen) atoms. The van der Waals surface area contributed by atoms with Gasteiger partial charge >= 0.3 is 0 Å². The summed E-state index contributed by atoms with van der Waals surface area (Å²) in [4.78, 5) is 0. The third kappa shape index (κ3) is 4.47. The van der Waals surface area contributed by atoms with Crippen molar-refractivity contribution in [2.75, 3.05) is 5.73 Å².